The van der Waals surface area contributed by atoms with Gasteiger partial charge in [0.05, 0.1) is 0 Å². The third kappa shape index (κ3) is 5.06. The SMILES string of the molecule is O=C(Nc1ccccc1)c1ccnc(NCCc2ccc(Cl)cc2)c1. The van der Waals surface area contributed by atoms with Gasteiger partial charge in [-0.1, -0.05) is 41.9 Å². The van der Waals surface area contributed by atoms with Crippen LogP contribution in [0.2, 0.25) is 5.02 Å². The number of carbonyl (C=O) groups is 1. The number of amides is 1. The highest BCUT2D eigenvalue weighted by Crippen LogP contribution is 2.13. The number of aromatic nitrogens is 1. The Morgan fingerprint density at radius 3 is 2.52 bits per heavy atom. The normalized spacial score (nSPS) is 10.3. The fraction of sp³-hybridized carbons (Fsp3) is 0.100. The Hall–Kier alpha value is -2.85. The second-order valence-corrected chi connectivity index (χ2v) is 5.99. The number of rotatable bonds is 6. The van der Waals surface area contributed by atoms with Crippen molar-refractivity contribution in [1.29, 1.82) is 0 Å². The standard InChI is InChI=1S/C20H18ClN3O/c21-17-8-6-15(7-9-17)10-12-22-19-14-16(11-13-23-19)20(25)24-18-4-2-1-3-5-18/h1-9,11,13-14H,10,12H2,(H,22,23)(H,24,25). The number of nitrogens with one attached hydrogen (secondary N) is 2. The van der Waals surface area contributed by atoms with E-state index in [-0.39, 0.29) is 5.91 Å². The molecule has 0 aliphatic rings. The summed E-state index contributed by atoms with van der Waals surface area (Å²) >= 11 is 5.88. The topological polar surface area (TPSA) is 54.0 Å². The molecule has 0 spiro atoms. The lowest BCUT2D eigenvalue weighted by Crippen LogP contribution is -2.13. The van der Waals surface area contributed by atoms with Crippen molar-refractivity contribution in [3.63, 3.8) is 0 Å². The Labute approximate surface area is 151 Å². The molecule has 3 aromatic rings. The predicted molar refractivity (Wildman–Crippen MR) is 102 cm³/mol. The maximum Gasteiger partial charge on any atom is 0.255 e. The zero-order valence-corrected chi connectivity index (χ0v) is 14.3. The van der Waals surface area contributed by atoms with E-state index in [0.29, 0.717) is 11.4 Å². The molecule has 0 saturated carbocycles. The van der Waals surface area contributed by atoms with Crippen molar-refractivity contribution in [3.8, 4) is 0 Å². The molecule has 5 heteroatoms. The van der Waals surface area contributed by atoms with E-state index in [1.54, 1.807) is 18.3 Å². The van der Waals surface area contributed by atoms with E-state index in [2.05, 4.69) is 15.6 Å². The van der Waals surface area contributed by atoms with Crippen LogP contribution in [0.25, 0.3) is 0 Å². The average Bonchev–Trinajstić information content (AvgIpc) is 2.64. The summed E-state index contributed by atoms with van der Waals surface area (Å²) in [5.74, 6) is 0.518. The molecule has 0 fully saturated rings. The molecule has 0 aliphatic heterocycles. The molecule has 0 aliphatic carbocycles. The summed E-state index contributed by atoms with van der Waals surface area (Å²) in [4.78, 5) is 16.6. The second kappa shape index (κ2) is 8.31. The molecule has 3 rings (SSSR count). The largest absolute Gasteiger partial charge is 0.370 e. The van der Waals surface area contributed by atoms with Gasteiger partial charge in [0, 0.05) is 29.0 Å². The van der Waals surface area contributed by atoms with Gasteiger partial charge in [0.2, 0.25) is 0 Å². The van der Waals surface area contributed by atoms with E-state index < -0.39 is 0 Å². The average molecular weight is 352 g/mol. The third-order valence-corrected chi connectivity index (χ3v) is 3.94. The lowest BCUT2D eigenvalue weighted by molar-refractivity contribution is 0.102. The van der Waals surface area contributed by atoms with Gasteiger partial charge in [-0.2, -0.15) is 0 Å². The van der Waals surface area contributed by atoms with Gasteiger partial charge in [-0.05, 0) is 48.4 Å². The number of hydrogen-bond acceptors (Lipinski definition) is 3. The van der Waals surface area contributed by atoms with E-state index >= 15 is 0 Å². The molecule has 2 aromatic carbocycles. The number of carbonyl (C=O) groups excluding carboxylic acids is 1. The van der Waals surface area contributed by atoms with Crippen LogP contribution in [0.15, 0.2) is 72.9 Å². The summed E-state index contributed by atoms with van der Waals surface area (Å²) in [6, 6.07) is 20.6. The fourth-order valence-electron chi connectivity index (χ4n) is 2.38. The number of nitrogens with zero attached hydrogens (tertiary/aromatic N) is 1. The van der Waals surface area contributed by atoms with Crippen molar-refractivity contribution in [1.82, 2.24) is 4.98 Å². The van der Waals surface area contributed by atoms with Crippen molar-refractivity contribution in [3.05, 3.63) is 89.1 Å². The third-order valence-electron chi connectivity index (χ3n) is 3.69. The number of hydrogen-bond donors (Lipinski definition) is 2. The maximum absolute atomic E-state index is 12.3. The van der Waals surface area contributed by atoms with E-state index in [0.717, 1.165) is 23.7 Å². The van der Waals surface area contributed by atoms with Gasteiger partial charge < -0.3 is 10.6 Å². The van der Waals surface area contributed by atoms with Gasteiger partial charge >= 0.3 is 0 Å². The summed E-state index contributed by atoms with van der Waals surface area (Å²) in [7, 11) is 0. The molecule has 0 unspecified atom stereocenters. The number of benzene rings is 2. The van der Waals surface area contributed by atoms with Crippen molar-refractivity contribution in [2.75, 3.05) is 17.2 Å². The zero-order chi connectivity index (χ0) is 17.5. The van der Waals surface area contributed by atoms with Crippen LogP contribution in [0.3, 0.4) is 0 Å². The second-order valence-electron chi connectivity index (χ2n) is 5.55. The minimum atomic E-state index is -0.158. The number of anilines is 2. The molecule has 2 N–H and O–H groups in total. The summed E-state index contributed by atoms with van der Waals surface area (Å²) in [5.41, 5.74) is 2.52. The lowest BCUT2D eigenvalue weighted by Gasteiger charge is -2.08. The van der Waals surface area contributed by atoms with Gasteiger partial charge in [-0.15, -0.1) is 0 Å². The molecule has 0 bridgehead atoms. The van der Waals surface area contributed by atoms with Crippen LogP contribution < -0.4 is 10.6 Å². The minimum Gasteiger partial charge on any atom is -0.370 e. The Balaban J connectivity index is 1.57. The highest BCUT2D eigenvalue weighted by molar-refractivity contribution is 6.30. The number of para-hydroxylation sites is 1. The molecule has 1 amide bonds. The number of pyridine rings is 1. The van der Waals surface area contributed by atoms with Crippen molar-refractivity contribution in [2.45, 2.75) is 6.42 Å². The minimum absolute atomic E-state index is 0.158. The molecule has 0 radical (unpaired) electrons. The highest BCUT2D eigenvalue weighted by atomic mass is 35.5. The first-order valence-corrected chi connectivity index (χ1v) is 8.39. The van der Waals surface area contributed by atoms with Crippen LogP contribution in [-0.2, 0) is 6.42 Å². The molecular weight excluding hydrogens is 334 g/mol. The van der Waals surface area contributed by atoms with Gasteiger partial charge in [0.1, 0.15) is 5.82 Å². The van der Waals surface area contributed by atoms with Gasteiger partial charge in [-0.3, -0.25) is 4.79 Å². The first-order chi connectivity index (χ1) is 12.2. The summed E-state index contributed by atoms with van der Waals surface area (Å²) in [6.45, 7) is 0.721. The molecule has 4 nitrogen and oxygen atoms in total. The molecule has 25 heavy (non-hydrogen) atoms. The van der Waals surface area contributed by atoms with Crippen LogP contribution >= 0.6 is 11.6 Å². The van der Waals surface area contributed by atoms with Crippen molar-refractivity contribution in [2.24, 2.45) is 0 Å². The monoisotopic (exact) mass is 351 g/mol. The van der Waals surface area contributed by atoms with Crippen LogP contribution in [0.1, 0.15) is 15.9 Å². The van der Waals surface area contributed by atoms with E-state index in [4.69, 9.17) is 11.6 Å². The van der Waals surface area contributed by atoms with Crippen LogP contribution in [-0.4, -0.2) is 17.4 Å². The summed E-state index contributed by atoms with van der Waals surface area (Å²) < 4.78 is 0. The summed E-state index contributed by atoms with van der Waals surface area (Å²) in [5, 5.41) is 6.84. The fourth-order valence-corrected chi connectivity index (χ4v) is 2.51. The molecule has 126 valence electrons. The molecule has 1 aromatic heterocycles. The molecule has 0 atom stereocenters. The number of halogens is 1. The molecule has 1 heterocycles. The molecular formula is C20H18ClN3O. The van der Waals surface area contributed by atoms with Gasteiger partial charge in [-0.25, -0.2) is 4.98 Å². The summed E-state index contributed by atoms with van der Waals surface area (Å²) in [6.07, 6.45) is 2.48. The maximum atomic E-state index is 12.3. The van der Waals surface area contributed by atoms with Crippen molar-refractivity contribution >= 4 is 29.0 Å². The zero-order valence-electron chi connectivity index (χ0n) is 13.6. The first-order valence-electron chi connectivity index (χ1n) is 8.01. The Morgan fingerprint density at radius 1 is 1.00 bits per heavy atom. The highest BCUT2D eigenvalue weighted by Gasteiger charge is 2.07. The van der Waals surface area contributed by atoms with Crippen molar-refractivity contribution < 1.29 is 4.79 Å². The Kier molecular flexibility index (Phi) is 5.65. The van der Waals surface area contributed by atoms with Crippen LogP contribution in [0, 0.1) is 0 Å². The van der Waals surface area contributed by atoms with Crippen LogP contribution in [0.4, 0.5) is 11.5 Å². The van der Waals surface area contributed by atoms with Crippen LogP contribution in [0.5, 0.6) is 0 Å². The van der Waals surface area contributed by atoms with E-state index in [9.17, 15) is 4.79 Å². The quantitative estimate of drug-likeness (QED) is 0.680. The van der Waals surface area contributed by atoms with E-state index in [1.165, 1.54) is 5.56 Å². The Morgan fingerprint density at radius 2 is 1.76 bits per heavy atom. The smallest absolute Gasteiger partial charge is 0.255 e. The Bertz CT molecular complexity index is 835. The van der Waals surface area contributed by atoms with Gasteiger partial charge in [0.25, 0.3) is 5.91 Å². The predicted octanol–water partition coefficient (Wildman–Crippen LogP) is 4.64. The molecule has 0 saturated heterocycles. The van der Waals surface area contributed by atoms with Gasteiger partial charge in [0.15, 0.2) is 0 Å². The van der Waals surface area contributed by atoms with E-state index in [1.807, 2.05) is 54.6 Å². The first kappa shape index (κ1) is 17.0. The lowest BCUT2D eigenvalue weighted by atomic mass is 10.1.